The zero-order valence-electron chi connectivity index (χ0n) is 15.8. The highest BCUT2D eigenvalue weighted by Gasteiger charge is 2.21. The van der Waals surface area contributed by atoms with E-state index in [0.29, 0.717) is 22.7 Å². The topological polar surface area (TPSA) is 73.3 Å². The number of carbonyl (C=O) groups is 1. The van der Waals surface area contributed by atoms with Crippen LogP contribution in [0.1, 0.15) is 23.0 Å². The summed E-state index contributed by atoms with van der Waals surface area (Å²) < 4.78 is 24.3. The highest BCUT2D eigenvalue weighted by Crippen LogP contribution is 2.28. The van der Waals surface area contributed by atoms with Gasteiger partial charge in [-0.15, -0.1) is 0 Å². The Kier molecular flexibility index (Phi) is 5.84. The first kappa shape index (κ1) is 19.3. The molecule has 0 saturated carbocycles. The Balaban J connectivity index is 2.10. The second-order valence-electron chi connectivity index (χ2n) is 5.91. The van der Waals surface area contributed by atoms with Gasteiger partial charge in [0, 0.05) is 5.56 Å². The number of hydrogen-bond donors (Lipinski definition) is 1. The number of carbonyl (C=O) groups excluding carboxylic acids is 1. The summed E-state index contributed by atoms with van der Waals surface area (Å²) in [5, 5.41) is 2.87. The minimum atomic E-state index is -0.511. The highest BCUT2D eigenvalue weighted by atomic mass is 19.1. The molecule has 1 heterocycles. The van der Waals surface area contributed by atoms with Crippen LogP contribution in [0.25, 0.3) is 11.3 Å². The van der Waals surface area contributed by atoms with Gasteiger partial charge in [-0.3, -0.25) is 0 Å². The van der Waals surface area contributed by atoms with Crippen molar-refractivity contribution in [3.05, 3.63) is 65.6 Å². The molecule has 0 unspecified atom stereocenters. The van der Waals surface area contributed by atoms with E-state index in [9.17, 15) is 9.18 Å². The average molecular weight is 381 g/mol. The van der Waals surface area contributed by atoms with Gasteiger partial charge < -0.3 is 14.8 Å². The number of hydrogen-bond acceptors (Lipinski definition) is 6. The minimum Gasteiger partial charge on any atom is -0.497 e. The molecule has 2 aromatic carbocycles. The largest absolute Gasteiger partial charge is 0.497 e. The van der Waals surface area contributed by atoms with Gasteiger partial charge in [0.05, 0.1) is 30.8 Å². The van der Waals surface area contributed by atoms with Gasteiger partial charge in [-0.2, -0.15) is 0 Å². The van der Waals surface area contributed by atoms with Crippen LogP contribution in [-0.2, 0) is 4.74 Å². The van der Waals surface area contributed by atoms with Crippen molar-refractivity contribution in [2.75, 3.05) is 19.0 Å². The van der Waals surface area contributed by atoms with Crippen molar-refractivity contribution in [3.8, 4) is 17.0 Å². The van der Waals surface area contributed by atoms with Crippen LogP contribution in [0, 0.1) is 12.7 Å². The van der Waals surface area contributed by atoms with Crippen molar-refractivity contribution in [2.24, 2.45) is 0 Å². The molecule has 144 valence electrons. The molecule has 6 nitrogen and oxygen atoms in total. The smallest absolute Gasteiger partial charge is 0.342 e. The summed E-state index contributed by atoms with van der Waals surface area (Å²) >= 11 is 0. The summed E-state index contributed by atoms with van der Waals surface area (Å²) in [7, 11) is 1.57. The maximum absolute atomic E-state index is 14.0. The Morgan fingerprint density at radius 3 is 2.46 bits per heavy atom. The maximum atomic E-state index is 14.0. The average Bonchev–Trinajstić information content (AvgIpc) is 2.69. The van der Waals surface area contributed by atoms with Gasteiger partial charge in [-0.05, 0) is 50.2 Å². The van der Waals surface area contributed by atoms with Crippen LogP contribution in [0.4, 0.5) is 16.0 Å². The van der Waals surface area contributed by atoms with Gasteiger partial charge in [0.15, 0.2) is 0 Å². The van der Waals surface area contributed by atoms with Crippen LogP contribution in [0.2, 0.25) is 0 Å². The van der Waals surface area contributed by atoms with Crippen molar-refractivity contribution >= 4 is 17.6 Å². The van der Waals surface area contributed by atoms with Crippen LogP contribution in [0.5, 0.6) is 5.75 Å². The lowest BCUT2D eigenvalue weighted by molar-refractivity contribution is 0.0525. The number of methoxy groups -OCH3 is 1. The number of nitrogens with zero attached hydrogens (tertiary/aromatic N) is 2. The Labute approximate surface area is 162 Å². The number of aryl methyl sites for hydroxylation is 1. The van der Waals surface area contributed by atoms with E-state index in [1.54, 1.807) is 63.4 Å². The monoisotopic (exact) mass is 381 g/mol. The first-order chi connectivity index (χ1) is 13.5. The Bertz CT molecular complexity index is 991. The molecule has 3 aromatic rings. The van der Waals surface area contributed by atoms with E-state index in [0.717, 1.165) is 0 Å². The van der Waals surface area contributed by atoms with Crippen molar-refractivity contribution in [3.63, 3.8) is 0 Å². The highest BCUT2D eigenvalue weighted by molar-refractivity contribution is 5.97. The number of anilines is 2. The van der Waals surface area contributed by atoms with Gasteiger partial charge in [0.1, 0.15) is 17.1 Å². The zero-order valence-corrected chi connectivity index (χ0v) is 15.8. The Morgan fingerprint density at radius 1 is 1.11 bits per heavy atom. The fraction of sp³-hybridized carbons (Fsp3) is 0.190. The van der Waals surface area contributed by atoms with Gasteiger partial charge in [0.2, 0.25) is 5.95 Å². The van der Waals surface area contributed by atoms with Gasteiger partial charge >= 0.3 is 5.97 Å². The number of nitrogens with one attached hydrogen (secondary N) is 1. The van der Waals surface area contributed by atoms with Crippen molar-refractivity contribution in [1.82, 2.24) is 9.97 Å². The minimum absolute atomic E-state index is 0.182. The molecule has 3 rings (SSSR count). The first-order valence-electron chi connectivity index (χ1n) is 8.75. The fourth-order valence-corrected chi connectivity index (χ4v) is 2.72. The second-order valence-corrected chi connectivity index (χ2v) is 5.91. The molecule has 0 amide bonds. The quantitative estimate of drug-likeness (QED) is 0.633. The number of ether oxygens (including phenoxy) is 2. The van der Waals surface area contributed by atoms with Gasteiger partial charge in [0.25, 0.3) is 0 Å². The molecule has 0 bridgehead atoms. The fourth-order valence-electron chi connectivity index (χ4n) is 2.72. The lowest BCUT2D eigenvalue weighted by Crippen LogP contribution is -2.13. The molecule has 7 heteroatoms. The summed E-state index contributed by atoms with van der Waals surface area (Å²) in [6.45, 7) is 3.65. The Morgan fingerprint density at radius 2 is 1.82 bits per heavy atom. The molecule has 0 aliphatic rings. The van der Waals surface area contributed by atoms with Crippen LogP contribution in [-0.4, -0.2) is 29.7 Å². The van der Waals surface area contributed by atoms with Crippen LogP contribution in [0.15, 0.2) is 48.5 Å². The van der Waals surface area contributed by atoms with E-state index in [2.05, 4.69) is 15.3 Å². The van der Waals surface area contributed by atoms with E-state index in [-0.39, 0.29) is 23.8 Å². The summed E-state index contributed by atoms with van der Waals surface area (Å²) in [5.41, 5.74) is 2.02. The standard InChI is InChI=1S/C21H20FN3O3/c1-4-28-20(26)18-13(2)23-21(24-17-8-6-5-7-16(17)22)25-19(18)14-9-11-15(27-3)12-10-14/h5-12H,4H2,1-3H3,(H,23,24,25). The molecule has 1 N–H and O–H groups in total. The second kappa shape index (κ2) is 8.47. The predicted molar refractivity (Wildman–Crippen MR) is 104 cm³/mol. The van der Waals surface area contributed by atoms with E-state index in [1.807, 2.05) is 0 Å². The lowest BCUT2D eigenvalue weighted by Gasteiger charge is -2.14. The molecule has 0 atom stereocenters. The van der Waals surface area contributed by atoms with E-state index >= 15 is 0 Å². The molecule has 28 heavy (non-hydrogen) atoms. The van der Waals surface area contributed by atoms with Crippen molar-refractivity contribution in [2.45, 2.75) is 13.8 Å². The third-order valence-electron chi connectivity index (χ3n) is 4.05. The predicted octanol–water partition coefficient (Wildman–Crippen LogP) is 4.52. The van der Waals surface area contributed by atoms with E-state index < -0.39 is 11.8 Å². The van der Waals surface area contributed by atoms with Gasteiger partial charge in [-0.25, -0.2) is 19.2 Å². The molecular formula is C21H20FN3O3. The maximum Gasteiger partial charge on any atom is 0.342 e. The molecule has 0 aliphatic heterocycles. The van der Waals surface area contributed by atoms with Crippen LogP contribution in [0.3, 0.4) is 0 Å². The molecule has 0 fully saturated rings. The third-order valence-corrected chi connectivity index (χ3v) is 4.05. The molecule has 0 saturated heterocycles. The lowest BCUT2D eigenvalue weighted by atomic mass is 10.0. The summed E-state index contributed by atoms with van der Waals surface area (Å²) in [6, 6.07) is 13.3. The van der Waals surface area contributed by atoms with Crippen molar-refractivity contribution < 1.29 is 18.7 Å². The molecule has 1 aromatic heterocycles. The third kappa shape index (κ3) is 4.09. The van der Waals surface area contributed by atoms with Crippen LogP contribution >= 0.6 is 0 Å². The van der Waals surface area contributed by atoms with E-state index in [1.165, 1.54) is 6.07 Å². The number of aromatic nitrogens is 2. The Hall–Kier alpha value is -3.48. The number of para-hydroxylation sites is 1. The van der Waals surface area contributed by atoms with Gasteiger partial charge in [-0.1, -0.05) is 12.1 Å². The molecule has 0 radical (unpaired) electrons. The number of esters is 1. The SMILES string of the molecule is CCOC(=O)c1c(C)nc(Nc2ccccc2F)nc1-c1ccc(OC)cc1. The molecular weight excluding hydrogens is 361 g/mol. The van der Waals surface area contributed by atoms with Crippen molar-refractivity contribution in [1.29, 1.82) is 0 Å². The number of halogens is 1. The zero-order chi connectivity index (χ0) is 20.1. The van der Waals surface area contributed by atoms with E-state index in [4.69, 9.17) is 9.47 Å². The summed E-state index contributed by atoms with van der Waals surface area (Å²) in [4.78, 5) is 21.3. The number of benzene rings is 2. The first-order valence-corrected chi connectivity index (χ1v) is 8.75. The summed E-state index contributed by atoms with van der Waals surface area (Å²) in [5.74, 6) is -0.0779. The molecule has 0 spiro atoms. The number of rotatable bonds is 6. The van der Waals surface area contributed by atoms with Crippen LogP contribution < -0.4 is 10.1 Å². The molecule has 0 aliphatic carbocycles. The summed E-state index contributed by atoms with van der Waals surface area (Å²) in [6.07, 6.45) is 0. The normalized spacial score (nSPS) is 10.4.